The smallest absolute Gasteiger partial charge is 0.511 e. The van der Waals surface area contributed by atoms with E-state index in [-0.39, 0.29) is 19.0 Å². The van der Waals surface area contributed by atoms with E-state index in [0.717, 1.165) is 12.9 Å². The molecule has 0 spiro atoms. The number of rotatable bonds is 5. The molecule has 0 aliphatic heterocycles. The largest absolute Gasteiger partial charge is 1.00 e. The van der Waals surface area contributed by atoms with Crippen molar-refractivity contribution in [1.29, 1.82) is 0 Å². The first-order chi connectivity index (χ1) is 8.57. The van der Waals surface area contributed by atoms with Crippen molar-refractivity contribution in [3.8, 4) is 0 Å². The van der Waals surface area contributed by atoms with Gasteiger partial charge < -0.3 is 12.4 Å². The zero-order chi connectivity index (χ0) is 14.8. The van der Waals surface area contributed by atoms with Crippen LogP contribution in [0, 0.1) is 6.92 Å². The Morgan fingerprint density at radius 1 is 1.40 bits per heavy atom. The van der Waals surface area contributed by atoms with Crippen molar-refractivity contribution in [3.63, 3.8) is 0 Å². The number of imidazole rings is 1. The van der Waals surface area contributed by atoms with Crippen molar-refractivity contribution in [2.75, 3.05) is 13.6 Å². The van der Waals surface area contributed by atoms with Crippen LogP contribution in [0.1, 0.15) is 12.2 Å². The van der Waals surface area contributed by atoms with Crippen molar-refractivity contribution >= 4 is 10.0 Å². The third kappa shape index (κ3) is 4.10. The van der Waals surface area contributed by atoms with Gasteiger partial charge in [-0.15, -0.1) is 0 Å². The first-order valence-corrected chi connectivity index (χ1v) is 7.05. The molecule has 0 radical (unpaired) electrons. The fourth-order valence-corrected chi connectivity index (χ4v) is 2.32. The van der Waals surface area contributed by atoms with Crippen LogP contribution in [0.4, 0.5) is 13.2 Å². The van der Waals surface area contributed by atoms with E-state index in [1.54, 1.807) is 6.20 Å². The SMILES string of the molecule is Cc1n(CCCN(C)S(=O)(=O)C(F)(F)F)cc[n+]1C.[Cl-]. The lowest BCUT2D eigenvalue weighted by atomic mass is 10.4. The first kappa shape index (κ1) is 19.2. The molecular formula is C10H17ClF3N3O2S. The summed E-state index contributed by atoms with van der Waals surface area (Å²) in [5, 5.41) is 0. The molecule has 1 heterocycles. The average Bonchev–Trinajstić information content (AvgIpc) is 2.59. The summed E-state index contributed by atoms with van der Waals surface area (Å²) in [4.78, 5) is 0. The van der Waals surface area contributed by atoms with Gasteiger partial charge in [0.05, 0.1) is 13.6 Å². The number of aryl methyl sites for hydroxylation is 2. The lowest BCUT2D eigenvalue weighted by molar-refractivity contribution is -0.677. The maximum atomic E-state index is 12.3. The number of hydrogen-bond acceptors (Lipinski definition) is 2. The van der Waals surface area contributed by atoms with Gasteiger partial charge in [0.25, 0.3) is 5.82 Å². The highest BCUT2D eigenvalue weighted by atomic mass is 35.5. The van der Waals surface area contributed by atoms with Crippen LogP contribution in [0.5, 0.6) is 0 Å². The Bertz CT molecular complexity index is 542. The molecule has 0 aliphatic rings. The Labute approximate surface area is 122 Å². The molecule has 0 saturated carbocycles. The minimum atomic E-state index is -5.24. The molecule has 0 fully saturated rings. The third-order valence-corrected chi connectivity index (χ3v) is 4.56. The molecule has 118 valence electrons. The van der Waals surface area contributed by atoms with Crippen LogP contribution >= 0.6 is 0 Å². The highest BCUT2D eigenvalue weighted by Crippen LogP contribution is 2.25. The standard InChI is InChI=1S/C10H17F3N3O2S.ClH/c1-9-14(2)7-8-16(9)6-4-5-15(3)19(17,18)10(11,12)13;/h7-8H,4-6H2,1-3H3;1H/q+1;/p-1. The lowest BCUT2D eigenvalue weighted by Crippen LogP contribution is -3.00. The quantitative estimate of drug-likeness (QED) is 0.573. The van der Waals surface area contributed by atoms with Gasteiger partial charge in [-0.05, 0) is 6.42 Å². The highest BCUT2D eigenvalue weighted by Gasteiger charge is 2.48. The Kier molecular flexibility index (Phi) is 6.50. The molecule has 1 aromatic rings. The molecule has 0 atom stereocenters. The highest BCUT2D eigenvalue weighted by molar-refractivity contribution is 7.89. The summed E-state index contributed by atoms with van der Waals surface area (Å²) in [7, 11) is -2.43. The zero-order valence-corrected chi connectivity index (χ0v) is 12.9. The van der Waals surface area contributed by atoms with Crippen molar-refractivity contribution in [1.82, 2.24) is 8.87 Å². The Hall–Kier alpha value is -0.800. The van der Waals surface area contributed by atoms with E-state index >= 15 is 0 Å². The van der Waals surface area contributed by atoms with E-state index in [1.165, 1.54) is 0 Å². The van der Waals surface area contributed by atoms with Crippen molar-refractivity contribution in [3.05, 3.63) is 18.2 Å². The summed E-state index contributed by atoms with van der Waals surface area (Å²) in [6, 6.07) is 0. The summed E-state index contributed by atoms with van der Waals surface area (Å²) in [5.41, 5.74) is -5.24. The monoisotopic (exact) mass is 335 g/mol. The van der Waals surface area contributed by atoms with Crippen LogP contribution in [-0.4, -0.2) is 36.4 Å². The van der Waals surface area contributed by atoms with E-state index in [2.05, 4.69) is 0 Å². The third-order valence-electron chi connectivity index (χ3n) is 2.97. The number of aromatic nitrogens is 2. The summed E-state index contributed by atoms with van der Waals surface area (Å²) < 4.78 is 63.0. The van der Waals surface area contributed by atoms with E-state index in [1.807, 2.05) is 29.3 Å². The Morgan fingerprint density at radius 2 is 1.95 bits per heavy atom. The van der Waals surface area contributed by atoms with Crippen LogP contribution in [0.2, 0.25) is 0 Å². The normalized spacial score (nSPS) is 12.6. The maximum Gasteiger partial charge on any atom is 0.511 e. The molecule has 0 bridgehead atoms. The molecule has 1 rings (SSSR count). The van der Waals surface area contributed by atoms with Gasteiger partial charge in [0.1, 0.15) is 12.4 Å². The van der Waals surface area contributed by atoms with Crippen molar-refractivity contribution < 1.29 is 38.6 Å². The maximum absolute atomic E-state index is 12.3. The molecule has 0 saturated heterocycles. The van der Waals surface area contributed by atoms with Gasteiger partial charge in [0, 0.05) is 20.5 Å². The molecule has 0 aromatic carbocycles. The fraction of sp³-hybridized carbons (Fsp3) is 0.700. The minimum Gasteiger partial charge on any atom is -1.00 e. The fourth-order valence-electron chi connectivity index (χ4n) is 1.60. The molecule has 5 nitrogen and oxygen atoms in total. The van der Waals surface area contributed by atoms with Crippen LogP contribution in [0.25, 0.3) is 0 Å². The van der Waals surface area contributed by atoms with Crippen LogP contribution < -0.4 is 17.0 Å². The number of alkyl halides is 3. The average molecular weight is 336 g/mol. The predicted molar refractivity (Wildman–Crippen MR) is 62.6 cm³/mol. The summed E-state index contributed by atoms with van der Waals surface area (Å²) in [6.45, 7) is 2.16. The van der Waals surface area contributed by atoms with E-state index in [0.29, 0.717) is 17.3 Å². The molecule has 1 aromatic heterocycles. The van der Waals surface area contributed by atoms with E-state index in [9.17, 15) is 21.6 Å². The van der Waals surface area contributed by atoms with Gasteiger partial charge in [0.15, 0.2) is 0 Å². The van der Waals surface area contributed by atoms with E-state index < -0.39 is 15.5 Å². The second-order valence-electron chi connectivity index (χ2n) is 4.28. The van der Waals surface area contributed by atoms with Gasteiger partial charge in [-0.25, -0.2) is 17.6 Å². The van der Waals surface area contributed by atoms with Crippen molar-refractivity contribution in [2.45, 2.75) is 25.4 Å². The molecule has 0 N–H and O–H groups in total. The van der Waals surface area contributed by atoms with Gasteiger partial charge in [0.2, 0.25) is 0 Å². The molecule has 20 heavy (non-hydrogen) atoms. The number of sulfonamides is 1. The van der Waals surface area contributed by atoms with Crippen LogP contribution in [-0.2, 0) is 23.6 Å². The lowest BCUT2D eigenvalue weighted by Gasteiger charge is -2.18. The van der Waals surface area contributed by atoms with Gasteiger partial charge in [-0.1, -0.05) is 0 Å². The van der Waals surface area contributed by atoms with Crippen LogP contribution in [0.3, 0.4) is 0 Å². The van der Waals surface area contributed by atoms with Gasteiger partial charge in [-0.3, -0.25) is 0 Å². The summed E-state index contributed by atoms with van der Waals surface area (Å²) in [5.74, 6) is 0.946. The van der Waals surface area contributed by atoms with E-state index in [4.69, 9.17) is 0 Å². The number of hydrogen-bond donors (Lipinski definition) is 0. The zero-order valence-electron chi connectivity index (χ0n) is 11.4. The second-order valence-corrected chi connectivity index (χ2v) is 6.31. The molecule has 0 aliphatic carbocycles. The van der Waals surface area contributed by atoms with Crippen molar-refractivity contribution in [2.24, 2.45) is 7.05 Å². The molecule has 10 heteroatoms. The van der Waals surface area contributed by atoms with Crippen LogP contribution in [0.15, 0.2) is 12.4 Å². The summed E-state index contributed by atoms with van der Waals surface area (Å²) >= 11 is 0. The predicted octanol–water partition coefficient (Wildman–Crippen LogP) is -2.20. The van der Waals surface area contributed by atoms with Gasteiger partial charge in [-0.2, -0.15) is 17.5 Å². The second kappa shape index (κ2) is 6.77. The minimum absolute atomic E-state index is 0. The van der Waals surface area contributed by atoms with Gasteiger partial charge >= 0.3 is 15.5 Å². The number of nitrogens with zero attached hydrogens (tertiary/aromatic N) is 3. The summed E-state index contributed by atoms with van der Waals surface area (Å²) in [6.07, 6.45) is 3.93. The molecular weight excluding hydrogens is 319 g/mol. The molecule has 0 amide bonds. The first-order valence-electron chi connectivity index (χ1n) is 5.61. The topological polar surface area (TPSA) is 46.2 Å². The molecule has 0 unspecified atom stereocenters. The Morgan fingerprint density at radius 3 is 2.35 bits per heavy atom. The number of halogens is 4. The Balaban J connectivity index is 0.00000361.